The fourth-order valence-corrected chi connectivity index (χ4v) is 2.48. The van der Waals surface area contributed by atoms with E-state index in [1.54, 1.807) is 26.8 Å². The van der Waals surface area contributed by atoms with Crippen molar-refractivity contribution in [2.24, 2.45) is 5.92 Å². The number of esters is 2. The monoisotopic (exact) mass is 417 g/mol. The largest absolute Gasteiger partial charge is 0.457 e. The quantitative estimate of drug-likeness (QED) is 0.677. The molecule has 0 spiro atoms. The number of hydrogen-bond acceptors (Lipinski definition) is 5. The maximum Gasteiger partial charge on any atom is 0.347 e. The van der Waals surface area contributed by atoms with Crippen LogP contribution in [0.4, 0.5) is 0 Å². The number of rotatable bonds is 7. The Bertz CT molecular complexity index is 698. The molecule has 0 bridgehead atoms. The number of benzene rings is 1. The van der Waals surface area contributed by atoms with Crippen LogP contribution in [0.15, 0.2) is 18.2 Å². The minimum atomic E-state index is -1.04. The smallest absolute Gasteiger partial charge is 0.347 e. The van der Waals surface area contributed by atoms with Gasteiger partial charge in [0.05, 0.1) is 10.6 Å². The van der Waals surface area contributed by atoms with Crippen molar-refractivity contribution in [3.05, 3.63) is 33.8 Å². The van der Waals surface area contributed by atoms with Crippen LogP contribution in [0, 0.1) is 5.92 Å². The van der Waals surface area contributed by atoms with Gasteiger partial charge >= 0.3 is 11.9 Å². The number of halogens is 2. The highest BCUT2D eigenvalue weighted by Crippen LogP contribution is 2.20. The summed E-state index contributed by atoms with van der Waals surface area (Å²) in [4.78, 5) is 36.5. The number of amides is 1. The summed E-state index contributed by atoms with van der Waals surface area (Å²) in [6, 6.07) is 4.43. The molecule has 8 heteroatoms. The van der Waals surface area contributed by atoms with Crippen molar-refractivity contribution in [2.45, 2.75) is 52.7 Å². The molecule has 6 nitrogen and oxygen atoms in total. The Hall–Kier alpha value is -1.79. The van der Waals surface area contributed by atoms with Gasteiger partial charge in [0, 0.05) is 5.02 Å². The van der Waals surface area contributed by atoms with Crippen LogP contribution in [0.25, 0.3) is 0 Å². The molecular weight excluding hydrogens is 393 g/mol. The Morgan fingerprint density at radius 2 is 1.78 bits per heavy atom. The van der Waals surface area contributed by atoms with Crippen LogP contribution in [0.5, 0.6) is 0 Å². The minimum Gasteiger partial charge on any atom is -0.457 e. The third-order valence-electron chi connectivity index (χ3n) is 3.20. The lowest BCUT2D eigenvalue weighted by molar-refractivity contribution is -0.176. The Morgan fingerprint density at radius 3 is 2.33 bits per heavy atom. The second kappa shape index (κ2) is 9.95. The van der Waals surface area contributed by atoms with E-state index in [1.807, 2.05) is 13.8 Å². The normalized spacial score (nSPS) is 12.4. The average molecular weight is 418 g/mol. The second-order valence-corrected chi connectivity index (χ2v) is 8.29. The number of nitrogens with one attached hydrogen (secondary N) is 1. The van der Waals surface area contributed by atoms with Crippen molar-refractivity contribution in [1.29, 1.82) is 0 Å². The van der Waals surface area contributed by atoms with Gasteiger partial charge in [-0.25, -0.2) is 4.79 Å². The van der Waals surface area contributed by atoms with Gasteiger partial charge < -0.3 is 14.8 Å². The van der Waals surface area contributed by atoms with Crippen LogP contribution < -0.4 is 5.32 Å². The van der Waals surface area contributed by atoms with Gasteiger partial charge in [0.15, 0.2) is 6.10 Å². The summed E-state index contributed by atoms with van der Waals surface area (Å²) in [7, 11) is 0. The SMILES string of the molecule is CC(C)C[C@H](OC(=O)CNC(=O)c1cc(Cl)ccc1Cl)C(=O)OC(C)(C)C. The topological polar surface area (TPSA) is 81.7 Å². The molecule has 0 aromatic heterocycles. The summed E-state index contributed by atoms with van der Waals surface area (Å²) in [6.45, 7) is 8.57. The first-order valence-corrected chi connectivity index (χ1v) is 9.30. The maximum atomic E-state index is 12.3. The van der Waals surface area contributed by atoms with Crippen molar-refractivity contribution in [2.75, 3.05) is 6.54 Å². The lowest BCUT2D eigenvalue weighted by Gasteiger charge is -2.24. The van der Waals surface area contributed by atoms with Crippen molar-refractivity contribution in [3.63, 3.8) is 0 Å². The summed E-state index contributed by atoms with van der Waals surface area (Å²) >= 11 is 11.8. The van der Waals surface area contributed by atoms with E-state index in [0.717, 1.165) is 0 Å². The Labute approximate surface area is 169 Å². The van der Waals surface area contributed by atoms with Crippen molar-refractivity contribution in [1.82, 2.24) is 5.32 Å². The third kappa shape index (κ3) is 8.63. The maximum absolute atomic E-state index is 12.3. The summed E-state index contributed by atoms with van der Waals surface area (Å²) in [5.74, 6) is -1.83. The van der Waals surface area contributed by atoms with Gasteiger partial charge in [-0.3, -0.25) is 9.59 Å². The lowest BCUT2D eigenvalue weighted by atomic mass is 10.1. The predicted octanol–water partition coefficient (Wildman–Crippen LogP) is 4.02. The van der Waals surface area contributed by atoms with Gasteiger partial charge in [-0.2, -0.15) is 0 Å². The highest BCUT2D eigenvalue weighted by atomic mass is 35.5. The Kier molecular flexibility index (Phi) is 8.57. The molecule has 0 saturated heterocycles. The van der Waals surface area contributed by atoms with Gasteiger partial charge in [-0.05, 0) is 51.3 Å². The molecule has 0 radical (unpaired) electrons. The molecule has 0 aliphatic heterocycles. The first-order chi connectivity index (χ1) is 12.4. The zero-order chi connectivity index (χ0) is 20.8. The van der Waals surface area contributed by atoms with Crippen LogP contribution in [0.3, 0.4) is 0 Å². The van der Waals surface area contributed by atoms with Crippen LogP contribution in [-0.4, -0.2) is 36.1 Å². The number of ether oxygens (including phenoxy) is 2. The van der Waals surface area contributed by atoms with Crippen molar-refractivity contribution < 1.29 is 23.9 Å². The van der Waals surface area contributed by atoms with E-state index in [4.69, 9.17) is 32.7 Å². The van der Waals surface area contributed by atoms with E-state index < -0.39 is 36.1 Å². The van der Waals surface area contributed by atoms with Gasteiger partial charge in [-0.15, -0.1) is 0 Å². The molecule has 0 fully saturated rings. The number of carbonyl (C=O) groups is 3. The highest BCUT2D eigenvalue weighted by Gasteiger charge is 2.29. The standard InChI is InChI=1S/C19H25Cl2NO5/c1-11(2)8-15(18(25)27-19(3,4)5)26-16(23)10-22-17(24)13-9-12(20)6-7-14(13)21/h6-7,9,11,15H,8,10H2,1-5H3,(H,22,24)/t15-/m0/s1. The minimum absolute atomic E-state index is 0.107. The first-order valence-electron chi connectivity index (χ1n) is 8.54. The van der Waals surface area contributed by atoms with E-state index >= 15 is 0 Å². The number of hydrogen-bond donors (Lipinski definition) is 1. The number of carbonyl (C=O) groups excluding carboxylic acids is 3. The molecular formula is C19H25Cl2NO5. The van der Waals surface area contributed by atoms with Gasteiger partial charge in [-0.1, -0.05) is 37.0 Å². The Morgan fingerprint density at radius 1 is 1.15 bits per heavy atom. The van der Waals surface area contributed by atoms with Gasteiger partial charge in [0.2, 0.25) is 0 Å². The summed E-state index contributed by atoms with van der Waals surface area (Å²) in [6.07, 6.45) is -0.724. The van der Waals surface area contributed by atoms with Crippen LogP contribution in [-0.2, 0) is 19.1 Å². The first kappa shape index (κ1) is 23.2. The summed E-state index contributed by atoms with van der Waals surface area (Å²) < 4.78 is 10.5. The lowest BCUT2D eigenvalue weighted by Crippen LogP contribution is -2.38. The zero-order valence-electron chi connectivity index (χ0n) is 16.1. The fourth-order valence-electron chi connectivity index (χ4n) is 2.11. The molecule has 0 heterocycles. The molecule has 0 aliphatic rings. The molecule has 1 N–H and O–H groups in total. The van der Waals surface area contributed by atoms with Crippen molar-refractivity contribution in [3.8, 4) is 0 Å². The van der Waals surface area contributed by atoms with Crippen LogP contribution in [0.1, 0.15) is 51.4 Å². The van der Waals surface area contributed by atoms with E-state index in [-0.39, 0.29) is 16.5 Å². The molecule has 27 heavy (non-hydrogen) atoms. The predicted molar refractivity (Wildman–Crippen MR) is 104 cm³/mol. The summed E-state index contributed by atoms with van der Waals surface area (Å²) in [5, 5.41) is 2.95. The molecule has 1 aromatic carbocycles. The molecule has 1 atom stereocenters. The molecule has 0 saturated carbocycles. The zero-order valence-corrected chi connectivity index (χ0v) is 17.6. The summed E-state index contributed by atoms with van der Waals surface area (Å²) in [5.41, 5.74) is -0.557. The molecule has 1 amide bonds. The molecule has 0 unspecified atom stereocenters. The van der Waals surface area contributed by atoms with Crippen LogP contribution in [0.2, 0.25) is 10.0 Å². The molecule has 1 rings (SSSR count). The van der Waals surface area contributed by atoms with Gasteiger partial charge in [0.1, 0.15) is 12.1 Å². The molecule has 150 valence electrons. The average Bonchev–Trinajstić information content (AvgIpc) is 2.52. The van der Waals surface area contributed by atoms with E-state index in [1.165, 1.54) is 12.1 Å². The van der Waals surface area contributed by atoms with Gasteiger partial charge in [0.25, 0.3) is 5.91 Å². The van der Waals surface area contributed by atoms with Crippen LogP contribution >= 0.6 is 23.2 Å². The van der Waals surface area contributed by atoms with E-state index in [0.29, 0.717) is 11.4 Å². The second-order valence-electron chi connectivity index (χ2n) is 7.45. The fraction of sp³-hybridized carbons (Fsp3) is 0.526. The van der Waals surface area contributed by atoms with E-state index in [9.17, 15) is 14.4 Å². The highest BCUT2D eigenvalue weighted by molar-refractivity contribution is 6.35. The Balaban J connectivity index is 2.69. The molecule has 1 aromatic rings. The van der Waals surface area contributed by atoms with Crippen molar-refractivity contribution >= 4 is 41.0 Å². The van der Waals surface area contributed by atoms with E-state index in [2.05, 4.69) is 5.32 Å². The third-order valence-corrected chi connectivity index (χ3v) is 3.76. The molecule has 0 aliphatic carbocycles.